The zero-order chi connectivity index (χ0) is 22.7. The minimum atomic E-state index is -0.646. The minimum Gasteiger partial charge on any atom is -0.423 e. The van der Waals surface area contributed by atoms with E-state index in [4.69, 9.17) is 4.74 Å². The monoisotopic (exact) mass is 509 g/mol. The second kappa shape index (κ2) is 9.50. The van der Waals surface area contributed by atoms with Gasteiger partial charge in [0.2, 0.25) is 11.8 Å². The number of carbonyl (C=O) groups is 4. The maximum absolute atomic E-state index is 13.0. The molecule has 0 bridgehead atoms. The summed E-state index contributed by atoms with van der Waals surface area (Å²) in [7, 11) is 0. The largest absolute Gasteiger partial charge is 0.423 e. The van der Waals surface area contributed by atoms with E-state index in [1.165, 1.54) is 28.8 Å². The summed E-state index contributed by atoms with van der Waals surface area (Å²) in [5.41, 5.74) is 1.28. The number of nitrogens with zero attached hydrogens (tertiary/aromatic N) is 1. The highest BCUT2D eigenvalue weighted by Crippen LogP contribution is 2.36. The summed E-state index contributed by atoms with van der Waals surface area (Å²) in [5.74, 6) is -0.900. The van der Waals surface area contributed by atoms with Crippen molar-refractivity contribution in [3.63, 3.8) is 0 Å². The fourth-order valence-electron chi connectivity index (χ4n) is 3.23. The lowest BCUT2D eigenvalue weighted by atomic mass is 10.2. The molecule has 160 valence electrons. The number of aldehydes is 1. The van der Waals surface area contributed by atoms with Crippen LogP contribution in [0.2, 0.25) is 0 Å². The first-order valence-corrected chi connectivity index (χ1v) is 11.3. The van der Waals surface area contributed by atoms with Crippen LogP contribution in [0.15, 0.2) is 82.2 Å². The van der Waals surface area contributed by atoms with Crippen molar-refractivity contribution >= 4 is 57.4 Å². The average molecular weight is 510 g/mol. The van der Waals surface area contributed by atoms with Gasteiger partial charge >= 0.3 is 5.97 Å². The highest BCUT2D eigenvalue weighted by atomic mass is 79.9. The van der Waals surface area contributed by atoms with Gasteiger partial charge in [0.1, 0.15) is 12.0 Å². The van der Waals surface area contributed by atoms with Gasteiger partial charge in [-0.2, -0.15) is 0 Å². The molecule has 1 unspecified atom stereocenters. The highest BCUT2D eigenvalue weighted by Gasteiger charge is 2.40. The molecule has 0 spiro atoms. The molecule has 1 atom stereocenters. The zero-order valence-corrected chi connectivity index (χ0v) is 19.0. The van der Waals surface area contributed by atoms with Gasteiger partial charge in [0.25, 0.3) is 0 Å². The first kappa shape index (κ1) is 22.0. The van der Waals surface area contributed by atoms with Crippen LogP contribution < -0.4 is 9.64 Å². The molecule has 6 nitrogen and oxygen atoms in total. The van der Waals surface area contributed by atoms with Crippen molar-refractivity contribution in [1.82, 2.24) is 0 Å². The van der Waals surface area contributed by atoms with Gasteiger partial charge in [0.05, 0.1) is 16.5 Å². The van der Waals surface area contributed by atoms with Crippen LogP contribution >= 0.6 is 27.7 Å². The van der Waals surface area contributed by atoms with E-state index in [9.17, 15) is 19.2 Å². The Hall–Kier alpha value is -3.23. The van der Waals surface area contributed by atoms with Gasteiger partial charge in [0, 0.05) is 21.4 Å². The lowest BCUT2D eigenvalue weighted by Crippen LogP contribution is -2.31. The lowest BCUT2D eigenvalue weighted by molar-refractivity contribution is -0.121. The third kappa shape index (κ3) is 4.66. The van der Waals surface area contributed by atoms with Gasteiger partial charge in [-0.15, -0.1) is 11.8 Å². The third-order valence-electron chi connectivity index (χ3n) is 4.79. The van der Waals surface area contributed by atoms with Crippen molar-refractivity contribution < 1.29 is 23.9 Å². The highest BCUT2D eigenvalue weighted by molar-refractivity contribution is 9.10. The molecule has 4 rings (SSSR count). The quantitative estimate of drug-likeness (QED) is 0.203. The van der Waals surface area contributed by atoms with E-state index >= 15 is 0 Å². The molecule has 8 heteroatoms. The molecule has 0 aliphatic carbocycles. The Balaban J connectivity index is 1.52. The fourth-order valence-corrected chi connectivity index (χ4v) is 4.66. The Morgan fingerprint density at radius 3 is 2.38 bits per heavy atom. The Morgan fingerprint density at radius 1 is 1.00 bits per heavy atom. The second-order valence-corrected chi connectivity index (χ2v) is 9.09. The first-order valence-electron chi connectivity index (χ1n) is 9.62. The number of hydrogen-bond acceptors (Lipinski definition) is 6. The molecule has 1 saturated heterocycles. The Bertz CT molecular complexity index is 1190. The lowest BCUT2D eigenvalue weighted by Gasteiger charge is -2.15. The van der Waals surface area contributed by atoms with Crippen LogP contribution in [0.5, 0.6) is 5.75 Å². The number of imide groups is 1. The Kier molecular flexibility index (Phi) is 6.53. The summed E-state index contributed by atoms with van der Waals surface area (Å²) < 4.78 is 6.27. The van der Waals surface area contributed by atoms with Gasteiger partial charge in [-0.1, -0.05) is 28.1 Å². The first-order chi connectivity index (χ1) is 15.5. The smallest absolute Gasteiger partial charge is 0.344 e. The zero-order valence-electron chi connectivity index (χ0n) is 16.6. The van der Waals surface area contributed by atoms with Crippen LogP contribution in [0.3, 0.4) is 0 Å². The van der Waals surface area contributed by atoms with Gasteiger partial charge in [0.15, 0.2) is 0 Å². The molecule has 1 aliphatic rings. The SMILES string of the molecule is O=Cc1ccc(OC(=O)c2ccccc2SC2CC(=O)N(c3ccc(Br)cc3)C2=O)cc1. The topological polar surface area (TPSA) is 80.8 Å². The van der Waals surface area contributed by atoms with Crippen LogP contribution in [0, 0.1) is 0 Å². The van der Waals surface area contributed by atoms with Crippen LogP contribution in [0.4, 0.5) is 5.69 Å². The molecule has 0 saturated carbocycles. The molecule has 1 aliphatic heterocycles. The normalized spacial score (nSPS) is 15.7. The number of hydrogen-bond donors (Lipinski definition) is 0. The molecular weight excluding hydrogens is 494 g/mol. The fraction of sp³-hybridized carbons (Fsp3) is 0.0833. The predicted molar refractivity (Wildman–Crippen MR) is 124 cm³/mol. The number of ether oxygens (including phenoxy) is 1. The van der Waals surface area contributed by atoms with E-state index in [1.807, 2.05) is 0 Å². The summed E-state index contributed by atoms with van der Waals surface area (Å²) in [6.07, 6.45) is 0.741. The number of benzene rings is 3. The number of amides is 2. The summed E-state index contributed by atoms with van der Waals surface area (Å²) in [5, 5.41) is -0.646. The van der Waals surface area contributed by atoms with E-state index in [2.05, 4.69) is 15.9 Å². The molecular formula is C24H16BrNO5S. The molecule has 0 radical (unpaired) electrons. The number of anilines is 1. The van der Waals surface area contributed by atoms with Crippen molar-refractivity contribution in [2.75, 3.05) is 4.90 Å². The van der Waals surface area contributed by atoms with E-state index < -0.39 is 11.2 Å². The van der Waals surface area contributed by atoms with Crippen LogP contribution in [-0.2, 0) is 9.59 Å². The maximum Gasteiger partial charge on any atom is 0.344 e. The van der Waals surface area contributed by atoms with E-state index in [-0.39, 0.29) is 18.2 Å². The van der Waals surface area contributed by atoms with Gasteiger partial charge in [-0.3, -0.25) is 14.4 Å². The van der Waals surface area contributed by atoms with Crippen molar-refractivity contribution in [2.24, 2.45) is 0 Å². The molecule has 32 heavy (non-hydrogen) atoms. The van der Waals surface area contributed by atoms with Crippen molar-refractivity contribution in [1.29, 1.82) is 0 Å². The number of halogens is 1. The van der Waals surface area contributed by atoms with Crippen LogP contribution in [-0.4, -0.2) is 29.3 Å². The third-order valence-corrected chi connectivity index (χ3v) is 6.58. The predicted octanol–water partition coefficient (Wildman–Crippen LogP) is 4.91. The summed E-state index contributed by atoms with van der Waals surface area (Å²) in [6.45, 7) is 0. The molecule has 0 aromatic heterocycles. The summed E-state index contributed by atoms with van der Waals surface area (Å²) in [6, 6.07) is 19.9. The molecule has 1 fully saturated rings. The van der Waals surface area contributed by atoms with Gasteiger partial charge in [-0.05, 0) is 60.7 Å². The minimum absolute atomic E-state index is 0.0378. The van der Waals surface area contributed by atoms with Crippen molar-refractivity contribution in [2.45, 2.75) is 16.6 Å². The molecule has 3 aromatic carbocycles. The molecule has 3 aromatic rings. The van der Waals surface area contributed by atoms with E-state index in [1.54, 1.807) is 60.7 Å². The van der Waals surface area contributed by atoms with E-state index in [0.717, 1.165) is 4.47 Å². The average Bonchev–Trinajstić information content (AvgIpc) is 3.08. The standard InChI is InChI=1S/C24H16BrNO5S/c25-16-7-9-17(10-8-16)26-22(28)13-21(23(26)29)32-20-4-2-1-3-19(20)24(30)31-18-11-5-15(14-27)6-12-18/h1-12,14,21H,13H2. The molecule has 1 heterocycles. The molecule has 0 N–H and O–H groups in total. The van der Waals surface area contributed by atoms with Crippen LogP contribution in [0.25, 0.3) is 0 Å². The van der Waals surface area contributed by atoms with Crippen molar-refractivity contribution in [3.8, 4) is 5.75 Å². The summed E-state index contributed by atoms with van der Waals surface area (Å²) >= 11 is 4.51. The van der Waals surface area contributed by atoms with Crippen molar-refractivity contribution in [3.05, 3.63) is 88.4 Å². The number of thioether (sulfide) groups is 1. The number of carbonyl (C=O) groups excluding carboxylic acids is 4. The maximum atomic E-state index is 13.0. The summed E-state index contributed by atoms with van der Waals surface area (Å²) in [4.78, 5) is 50.8. The van der Waals surface area contributed by atoms with Crippen LogP contribution in [0.1, 0.15) is 27.1 Å². The van der Waals surface area contributed by atoms with Gasteiger partial charge in [-0.25, -0.2) is 9.69 Å². The number of rotatable bonds is 6. The molecule has 2 amide bonds. The number of esters is 1. The van der Waals surface area contributed by atoms with E-state index in [0.29, 0.717) is 33.7 Å². The van der Waals surface area contributed by atoms with Gasteiger partial charge < -0.3 is 4.74 Å². The Morgan fingerprint density at radius 2 is 1.69 bits per heavy atom. The second-order valence-electron chi connectivity index (χ2n) is 6.93. The Labute approximate surface area is 196 Å².